The predicted molar refractivity (Wildman–Crippen MR) is 142 cm³/mol. The highest BCUT2D eigenvalue weighted by atomic mass is 19.1. The molecular formula is C30H38F2N2O3. The fourth-order valence-corrected chi connectivity index (χ4v) is 5.81. The summed E-state index contributed by atoms with van der Waals surface area (Å²) in [5.41, 5.74) is 6.21. The minimum atomic E-state index is -0.849. The van der Waals surface area contributed by atoms with Crippen LogP contribution >= 0.6 is 0 Å². The Labute approximate surface area is 218 Å². The number of halogens is 2. The molecule has 37 heavy (non-hydrogen) atoms. The third kappa shape index (κ3) is 5.73. The van der Waals surface area contributed by atoms with Gasteiger partial charge in [0, 0.05) is 24.7 Å². The lowest BCUT2D eigenvalue weighted by atomic mass is 9.81. The van der Waals surface area contributed by atoms with Crippen LogP contribution in [0, 0.1) is 18.7 Å². The van der Waals surface area contributed by atoms with Gasteiger partial charge in [-0.05, 0) is 79.1 Å². The fraction of sp³-hybridized carbons (Fsp3) is 0.500. The van der Waals surface area contributed by atoms with Gasteiger partial charge in [0.25, 0.3) is 0 Å². The maximum atomic E-state index is 15.8. The maximum Gasteiger partial charge on any atom is 0.307 e. The van der Waals surface area contributed by atoms with E-state index in [0.29, 0.717) is 44.0 Å². The summed E-state index contributed by atoms with van der Waals surface area (Å²) >= 11 is 0. The summed E-state index contributed by atoms with van der Waals surface area (Å²) in [6.07, 6.45) is 2.85. The van der Waals surface area contributed by atoms with E-state index in [0.717, 1.165) is 30.4 Å². The molecule has 1 aliphatic heterocycles. The number of carboxylic acid groups (broad SMARTS) is 1. The Hall–Kier alpha value is -2.77. The molecule has 0 saturated carbocycles. The highest BCUT2D eigenvalue weighted by Gasteiger charge is 2.42. The third-order valence-electron chi connectivity index (χ3n) is 7.77. The topological polar surface area (TPSA) is 61.8 Å². The maximum absolute atomic E-state index is 15.8. The van der Waals surface area contributed by atoms with E-state index in [1.807, 2.05) is 19.1 Å². The van der Waals surface area contributed by atoms with Crippen LogP contribution < -0.4 is 10.1 Å². The Kier molecular flexibility index (Phi) is 8.98. The molecule has 0 fully saturated rings. The van der Waals surface area contributed by atoms with Gasteiger partial charge in [-0.25, -0.2) is 4.39 Å². The number of nitrogens with zero attached hydrogens (tertiary/aromatic N) is 1. The first-order valence-corrected chi connectivity index (χ1v) is 13.3. The number of carboxylic acids is 1. The predicted octanol–water partition coefficient (Wildman–Crippen LogP) is 5.72. The van der Waals surface area contributed by atoms with Gasteiger partial charge in [-0.15, -0.1) is 0 Å². The van der Waals surface area contributed by atoms with Crippen LogP contribution in [0.25, 0.3) is 5.57 Å². The van der Waals surface area contributed by atoms with Crippen molar-refractivity contribution in [2.24, 2.45) is 5.92 Å². The second kappa shape index (κ2) is 12.2. The smallest absolute Gasteiger partial charge is 0.307 e. The summed E-state index contributed by atoms with van der Waals surface area (Å²) in [6, 6.07) is 11.2. The molecule has 5 nitrogen and oxygen atoms in total. The van der Waals surface area contributed by atoms with E-state index in [-0.39, 0.29) is 24.6 Å². The van der Waals surface area contributed by atoms with Crippen molar-refractivity contribution >= 4 is 11.5 Å². The molecular weight excluding hydrogens is 474 g/mol. The molecule has 2 aromatic carbocycles. The minimum absolute atomic E-state index is 0.0970. The summed E-state index contributed by atoms with van der Waals surface area (Å²) in [7, 11) is 0. The Morgan fingerprint density at radius 3 is 2.76 bits per heavy atom. The third-order valence-corrected chi connectivity index (χ3v) is 7.77. The average molecular weight is 513 g/mol. The van der Waals surface area contributed by atoms with Crippen molar-refractivity contribution in [3.8, 4) is 5.75 Å². The number of hydrogen-bond acceptors (Lipinski definition) is 4. The first kappa shape index (κ1) is 27.3. The lowest BCUT2D eigenvalue weighted by Gasteiger charge is -2.44. The van der Waals surface area contributed by atoms with Crippen molar-refractivity contribution < 1.29 is 23.4 Å². The van der Waals surface area contributed by atoms with Crippen LogP contribution in [0.3, 0.4) is 0 Å². The highest BCUT2D eigenvalue weighted by molar-refractivity contribution is 5.79. The number of hydrogen-bond donors (Lipinski definition) is 2. The molecule has 0 unspecified atom stereocenters. The van der Waals surface area contributed by atoms with Crippen molar-refractivity contribution in [3.05, 3.63) is 70.0 Å². The Morgan fingerprint density at radius 1 is 1.24 bits per heavy atom. The lowest BCUT2D eigenvalue weighted by Crippen LogP contribution is -2.46. The summed E-state index contributed by atoms with van der Waals surface area (Å²) in [4.78, 5) is 14.1. The van der Waals surface area contributed by atoms with Crippen molar-refractivity contribution in [1.29, 1.82) is 0 Å². The van der Waals surface area contributed by atoms with Crippen LogP contribution in [-0.4, -0.2) is 54.9 Å². The van der Waals surface area contributed by atoms with Crippen LogP contribution in [0.5, 0.6) is 5.75 Å². The molecule has 7 heteroatoms. The standard InChI is InChI=1S/C30H38F2N2O3/c1-4-22-17-24-23-9-6-5-8-21(23)16-25(24)29(34(22)18-19(2)30(35)36)28-20(3)27(11-10-26(28)32)37-15-14-33-13-7-12-31/h5-6,8-11,19,22,29,33H,4,7,12-18H2,1-3H3,(H,35,36)/t19-,22+,29-/m0/s1. The lowest BCUT2D eigenvalue weighted by molar-refractivity contribution is -0.142. The van der Waals surface area contributed by atoms with Crippen molar-refractivity contribution in [2.75, 3.05) is 32.9 Å². The number of nitrogens with one attached hydrogen (secondary N) is 1. The van der Waals surface area contributed by atoms with Gasteiger partial charge < -0.3 is 15.2 Å². The zero-order valence-electron chi connectivity index (χ0n) is 22.0. The Balaban J connectivity index is 1.73. The minimum Gasteiger partial charge on any atom is -0.492 e. The number of ether oxygens (including phenoxy) is 1. The number of carbonyl (C=O) groups is 1. The van der Waals surface area contributed by atoms with Gasteiger partial charge >= 0.3 is 5.97 Å². The SMILES string of the molecule is CC[C@@H]1CC2=C(Cc3ccccc32)[C@@H](c2c(F)ccc(OCCNCCCF)c2C)N1C[C@H](C)C(=O)O. The van der Waals surface area contributed by atoms with E-state index in [1.165, 1.54) is 22.8 Å². The van der Waals surface area contributed by atoms with E-state index in [4.69, 9.17) is 4.74 Å². The molecule has 2 aromatic rings. The monoisotopic (exact) mass is 512 g/mol. The van der Waals surface area contributed by atoms with E-state index in [9.17, 15) is 14.3 Å². The molecule has 1 aliphatic carbocycles. The molecule has 4 rings (SSSR count). The second-order valence-electron chi connectivity index (χ2n) is 10.2. The number of benzene rings is 2. The van der Waals surface area contributed by atoms with Gasteiger partial charge in [0.15, 0.2) is 0 Å². The Morgan fingerprint density at radius 2 is 2.03 bits per heavy atom. The zero-order chi connectivity index (χ0) is 26.5. The first-order valence-electron chi connectivity index (χ1n) is 13.3. The van der Waals surface area contributed by atoms with E-state index in [1.54, 1.807) is 13.0 Å². The molecule has 2 aliphatic rings. The number of rotatable bonds is 12. The molecule has 0 aromatic heterocycles. The number of aliphatic carboxylic acids is 1. The molecule has 3 atom stereocenters. The fourth-order valence-electron chi connectivity index (χ4n) is 5.81. The van der Waals surface area contributed by atoms with Crippen molar-refractivity contribution in [2.45, 2.75) is 58.5 Å². The quantitative estimate of drug-likeness (QED) is 0.356. The molecule has 0 radical (unpaired) electrons. The van der Waals surface area contributed by atoms with Gasteiger partial charge in [-0.3, -0.25) is 14.1 Å². The average Bonchev–Trinajstić information content (AvgIpc) is 3.26. The summed E-state index contributed by atoms with van der Waals surface area (Å²) in [5.74, 6) is -1.12. The van der Waals surface area contributed by atoms with Crippen LogP contribution in [-0.2, 0) is 11.2 Å². The molecule has 2 N–H and O–H groups in total. The molecule has 1 heterocycles. The summed E-state index contributed by atoms with van der Waals surface area (Å²) < 4.78 is 34.1. The summed E-state index contributed by atoms with van der Waals surface area (Å²) in [6.45, 7) is 7.26. The largest absolute Gasteiger partial charge is 0.492 e. The second-order valence-corrected chi connectivity index (χ2v) is 10.2. The van der Waals surface area contributed by atoms with Crippen LogP contribution in [0.1, 0.15) is 61.4 Å². The summed E-state index contributed by atoms with van der Waals surface area (Å²) in [5, 5.41) is 12.9. The molecule has 0 spiro atoms. The van der Waals surface area contributed by atoms with Crippen LogP contribution in [0.2, 0.25) is 0 Å². The highest BCUT2D eigenvalue weighted by Crippen LogP contribution is 2.51. The van der Waals surface area contributed by atoms with Crippen molar-refractivity contribution in [3.63, 3.8) is 0 Å². The number of fused-ring (bicyclic) bond motifs is 2. The Bertz CT molecular complexity index is 1150. The van der Waals surface area contributed by atoms with Gasteiger partial charge in [0.1, 0.15) is 18.2 Å². The number of alkyl halides is 1. The molecule has 0 saturated heterocycles. The van der Waals surface area contributed by atoms with Crippen LogP contribution in [0.15, 0.2) is 42.0 Å². The van der Waals surface area contributed by atoms with Gasteiger partial charge in [-0.2, -0.15) is 0 Å². The van der Waals surface area contributed by atoms with E-state index >= 15 is 4.39 Å². The van der Waals surface area contributed by atoms with Gasteiger partial charge in [-0.1, -0.05) is 38.1 Å². The normalized spacial score (nSPS) is 20.0. The zero-order valence-corrected chi connectivity index (χ0v) is 22.0. The van der Waals surface area contributed by atoms with Gasteiger partial charge in [0.05, 0.1) is 18.6 Å². The van der Waals surface area contributed by atoms with Crippen LogP contribution in [0.4, 0.5) is 8.78 Å². The van der Waals surface area contributed by atoms with E-state index in [2.05, 4.69) is 29.3 Å². The molecule has 0 bridgehead atoms. The van der Waals surface area contributed by atoms with E-state index < -0.39 is 11.9 Å². The molecule has 0 amide bonds. The van der Waals surface area contributed by atoms with Gasteiger partial charge in [0.2, 0.25) is 0 Å². The first-order chi connectivity index (χ1) is 17.9. The molecule has 200 valence electrons. The van der Waals surface area contributed by atoms with Crippen molar-refractivity contribution in [1.82, 2.24) is 10.2 Å².